The first-order valence-electron chi connectivity index (χ1n) is 7.75. The largest absolute Gasteiger partial charge is 0.487 e. The first kappa shape index (κ1) is 18.1. The first-order valence-corrected chi connectivity index (χ1v) is 8.51. The fourth-order valence-corrected chi connectivity index (χ4v) is 2.78. The van der Waals surface area contributed by atoms with Crippen LogP contribution in [0.25, 0.3) is 6.08 Å². The molecule has 4 nitrogen and oxygen atoms in total. The van der Waals surface area contributed by atoms with Crippen molar-refractivity contribution in [2.75, 3.05) is 13.2 Å². The number of nitrogens with one attached hydrogen (secondary N) is 2. The van der Waals surface area contributed by atoms with E-state index in [-0.39, 0.29) is 18.0 Å². The number of rotatable bonds is 6. The normalized spacial score (nSPS) is 16.0. The highest BCUT2D eigenvalue weighted by Gasteiger charge is 2.18. The van der Waals surface area contributed by atoms with E-state index in [1.807, 2.05) is 32.9 Å². The molecule has 0 radical (unpaired) electrons. The highest BCUT2D eigenvalue weighted by Crippen LogP contribution is 2.36. The Morgan fingerprint density at radius 3 is 2.78 bits per heavy atom. The zero-order chi connectivity index (χ0) is 17.0. The highest BCUT2D eigenvalue weighted by molar-refractivity contribution is 6.36. The summed E-state index contributed by atoms with van der Waals surface area (Å²) in [6.45, 7) is 6.90. The van der Waals surface area contributed by atoms with Crippen LogP contribution in [0.15, 0.2) is 17.7 Å². The van der Waals surface area contributed by atoms with E-state index in [0.717, 1.165) is 17.6 Å². The van der Waals surface area contributed by atoms with Gasteiger partial charge in [0.1, 0.15) is 12.4 Å². The molecule has 1 amide bonds. The number of fused-ring (bicyclic) bond motifs is 1. The van der Waals surface area contributed by atoms with E-state index >= 15 is 0 Å². The standard InChI is InChI=1S/C17H22Cl2N2O2/c1-4-10(2)21-17(22)11(3)20-8-12-5-13-6-14(18)7-15(19)16(13)23-9-12/h5-7,10-11,20H,4,8-9H2,1-3H3,(H,21,22). The maximum absolute atomic E-state index is 12.0. The number of hydrogen-bond acceptors (Lipinski definition) is 3. The lowest BCUT2D eigenvalue weighted by Gasteiger charge is -2.22. The quantitative estimate of drug-likeness (QED) is 0.817. The van der Waals surface area contributed by atoms with E-state index in [2.05, 4.69) is 10.6 Å². The van der Waals surface area contributed by atoms with Gasteiger partial charge in [0.15, 0.2) is 0 Å². The van der Waals surface area contributed by atoms with Crippen molar-refractivity contribution in [3.8, 4) is 5.75 Å². The van der Waals surface area contributed by atoms with Crippen molar-refractivity contribution < 1.29 is 9.53 Å². The van der Waals surface area contributed by atoms with Gasteiger partial charge in [-0.15, -0.1) is 0 Å². The van der Waals surface area contributed by atoms with Crippen molar-refractivity contribution in [1.82, 2.24) is 10.6 Å². The molecule has 2 atom stereocenters. The minimum Gasteiger partial charge on any atom is -0.487 e. The molecule has 1 aliphatic rings. The zero-order valence-electron chi connectivity index (χ0n) is 13.6. The van der Waals surface area contributed by atoms with E-state index in [1.165, 1.54) is 0 Å². The molecule has 23 heavy (non-hydrogen) atoms. The van der Waals surface area contributed by atoms with Gasteiger partial charge in [-0.2, -0.15) is 0 Å². The van der Waals surface area contributed by atoms with Gasteiger partial charge in [0.2, 0.25) is 5.91 Å². The lowest BCUT2D eigenvalue weighted by Crippen LogP contribution is -2.46. The molecule has 0 aromatic heterocycles. The minimum absolute atomic E-state index is 0.00293. The van der Waals surface area contributed by atoms with Gasteiger partial charge in [0.05, 0.1) is 11.1 Å². The summed E-state index contributed by atoms with van der Waals surface area (Å²) in [4.78, 5) is 12.0. The topological polar surface area (TPSA) is 50.4 Å². The molecule has 0 saturated heterocycles. The summed E-state index contributed by atoms with van der Waals surface area (Å²) in [5, 5.41) is 7.26. The molecule has 2 rings (SSSR count). The van der Waals surface area contributed by atoms with E-state index < -0.39 is 0 Å². The molecule has 0 fully saturated rings. The van der Waals surface area contributed by atoms with E-state index in [0.29, 0.717) is 28.9 Å². The van der Waals surface area contributed by atoms with Gasteiger partial charge in [0.25, 0.3) is 0 Å². The second kappa shape index (κ2) is 8.04. The Bertz CT molecular complexity index is 617. The van der Waals surface area contributed by atoms with Gasteiger partial charge in [0, 0.05) is 23.2 Å². The summed E-state index contributed by atoms with van der Waals surface area (Å²) in [5.74, 6) is 0.658. The monoisotopic (exact) mass is 356 g/mol. The highest BCUT2D eigenvalue weighted by atomic mass is 35.5. The Kier molecular flexibility index (Phi) is 6.33. The minimum atomic E-state index is -0.269. The van der Waals surface area contributed by atoms with Crippen LogP contribution in [-0.4, -0.2) is 31.1 Å². The number of amides is 1. The summed E-state index contributed by atoms with van der Waals surface area (Å²) < 4.78 is 5.70. The molecule has 1 heterocycles. The number of benzene rings is 1. The summed E-state index contributed by atoms with van der Waals surface area (Å²) in [7, 11) is 0. The molecule has 2 N–H and O–H groups in total. The average Bonchev–Trinajstić information content (AvgIpc) is 2.51. The molecule has 0 bridgehead atoms. The fraction of sp³-hybridized carbons (Fsp3) is 0.471. The molecule has 1 aliphatic heterocycles. The van der Waals surface area contributed by atoms with Gasteiger partial charge in [-0.1, -0.05) is 30.1 Å². The number of halogens is 2. The average molecular weight is 357 g/mol. The van der Waals surface area contributed by atoms with E-state index in [1.54, 1.807) is 6.07 Å². The zero-order valence-corrected chi connectivity index (χ0v) is 15.1. The van der Waals surface area contributed by atoms with Gasteiger partial charge >= 0.3 is 0 Å². The lowest BCUT2D eigenvalue weighted by atomic mass is 10.1. The molecule has 1 aromatic rings. The van der Waals surface area contributed by atoms with Gasteiger partial charge < -0.3 is 15.4 Å². The summed E-state index contributed by atoms with van der Waals surface area (Å²) in [6.07, 6.45) is 2.92. The van der Waals surface area contributed by atoms with Crippen molar-refractivity contribution in [2.45, 2.75) is 39.3 Å². The van der Waals surface area contributed by atoms with Crippen LogP contribution in [0.4, 0.5) is 0 Å². The number of carbonyl (C=O) groups excluding carboxylic acids is 1. The maximum Gasteiger partial charge on any atom is 0.237 e. The Morgan fingerprint density at radius 2 is 2.09 bits per heavy atom. The molecule has 0 spiro atoms. The lowest BCUT2D eigenvalue weighted by molar-refractivity contribution is -0.123. The van der Waals surface area contributed by atoms with Crippen molar-refractivity contribution in [2.24, 2.45) is 0 Å². The van der Waals surface area contributed by atoms with Crippen LogP contribution in [-0.2, 0) is 4.79 Å². The SMILES string of the molecule is CCC(C)NC(=O)C(C)NCC1=Cc2cc(Cl)cc(Cl)c2OC1. The van der Waals surface area contributed by atoms with Crippen molar-refractivity contribution in [1.29, 1.82) is 0 Å². The van der Waals surface area contributed by atoms with Gasteiger partial charge in [-0.25, -0.2) is 0 Å². The third-order valence-corrected chi connectivity index (χ3v) is 4.33. The molecule has 0 saturated carbocycles. The van der Waals surface area contributed by atoms with Crippen LogP contribution in [0.3, 0.4) is 0 Å². The van der Waals surface area contributed by atoms with Crippen LogP contribution in [0, 0.1) is 0 Å². The number of hydrogen-bond donors (Lipinski definition) is 2. The first-order chi connectivity index (χ1) is 10.9. The molecular weight excluding hydrogens is 335 g/mol. The Morgan fingerprint density at radius 1 is 1.35 bits per heavy atom. The predicted octanol–water partition coefficient (Wildman–Crippen LogP) is 3.66. The second-order valence-corrected chi connectivity index (χ2v) is 6.66. The molecule has 126 valence electrons. The van der Waals surface area contributed by atoms with Crippen molar-refractivity contribution >= 4 is 35.2 Å². The summed E-state index contributed by atoms with van der Waals surface area (Å²) >= 11 is 12.1. The Balaban J connectivity index is 1.96. The van der Waals surface area contributed by atoms with Crippen LogP contribution in [0.2, 0.25) is 10.0 Å². The van der Waals surface area contributed by atoms with E-state index in [4.69, 9.17) is 27.9 Å². The predicted molar refractivity (Wildman–Crippen MR) is 95.3 cm³/mol. The molecule has 1 aromatic carbocycles. The number of carbonyl (C=O) groups is 1. The third-order valence-electron chi connectivity index (χ3n) is 3.83. The number of ether oxygens (including phenoxy) is 1. The van der Waals surface area contributed by atoms with Gasteiger partial charge in [-0.3, -0.25) is 4.79 Å². The summed E-state index contributed by atoms with van der Waals surface area (Å²) in [5.41, 5.74) is 1.90. The van der Waals surface area contributed by atoms with Crippen molar-refractivity contribution in [3.05, 3.63) is 33.3 Å². The van der Waals surface area contributed by atoms with Crippen LogP contribution < -0.4 is 15.4 Å². The fourth-order valence-electron chi connectivity index (χ4n) is 2.22. The smallest absolute Gasteiger partial charge is 0.237 e. The van der Waals surface area contributed by atoms with Crippen molar-refractivity contribution in [3.63, 3.8) is 0 Å². The third kappa shape index (κ3) is 4.87. The van der Waals surface area contributed by atoms with Crippen LogP contribution in [0.1, 0.15) is 32.8 Å². The second-order valence-electron chi connectivity index (χ2n) is 5.82. The molecule has 0 aliphatic carbocycles. The maximum atomic E-state index is 12.0. The summed E-state index contributed by atoms with van der Waals surface area (Å²) in [6, 6.07) is 3.40. The molecule has 2 unspecified atom stereocenters. The van der Waals surface area contributed by atoms with Gasteiger partial charge in [-0.05, 0) is 44.1 Å². The molecular formula is C17H22Cl2N2O2. The van der Waals surface area contributed by atoms with Crippen LogP contribution >= 0.6 is 23.2 Å². The van der Waals surface area contributed by atoms with E-state index in [9.17, 15) is 4.79 Å². The van der Waals surface area contributed by atoms with Crippen LogP contribution in [0.5, 0.6) is 5.75 Å². The Labute approximate surface area is 147 Å². The Hall–Kier alpha value is -1.23. The molecule has 6 heteroatoms.